The van der Waals surface area contributed by atoms with E-state index in [1.165, 1.54) is 148 Å². The first kappa shape index (κ1) is 98.8. The van der Waals surface area contributed by atoms with Crippen LogP contribution < -0.4 is 32.3 Å². The number of terminal acetylenes is 1. The molecule has 696 valence electrons. The number of pyridine rings is 1. The molecule has 7 N–H and O–H groups in total. The molecule has 17 rings (SSSR count). The summed E-state index contributed by atoms with van der Waals surface area (Å²) in [5.74, 6) is 31.0. The molecule has 5 aliphatic heterocycles. The van der Waals surface area contributed by atoms with Crippen LogP contribution >= 0.6 is 11.6 Å². The second-order valence-corrected chi connectivity index (χ2v) is 36.7. The van der Waals surface area contributed by atoms with Crippen LogP contribution in [0.1, 0.15) is 199 Å². The summed E-state index contributed by atoms with van der Waals surface area (Å²) in [5, 5.41) is 18.6. The van der Waals surface area contributed by atoms with Crippen molar-refractivity contribution in [3.05, 3.63) is 243 Å². The van der Waals surface area contributed by atoms with Gasteiger partial charge in [0.25, 0.3) is 5.91 Å². The standard InChI is InChI=1S/C34H44N6.C29H37N5.C25H31N5.C23H24ClN3O.CH4/c1-5-34(3,4)33-13-12-28(24-37-33)36-18-8-10-30-23-31-26(9-7-11-32(31)40(30)6-2)25-38-19-16-29(17-20-38)39-21-14-27(35)15-22-39;1-3-34-27-9-6-8-24(22-32-20-15-26(16-21-32)33-18-4-5-19-33)29(27)31-28(34)10-7-17-30-25-13-11-23(2)12-14-25;1-3-30-24-12-11-20(19-27-22-13-16-29(2)17-14-22)18-23(24)28-25(30)10-7-15-26-21-8-5-4-6-9-21;1-4-7-17-9-12-21-20(15-17)26-22(27(21)5-2)8-6-13-25-23(28)18-10-11-19(24)16(3)14-18;/h1,7,9,11-13,23-24,27,29,36H,6,14-22,25,35H2,2-4H3;6,8-9,11-14,26,30H,3-5,15-22H2,1-2H3;4-6,8-9,11-12,18,22,26-27H,3,13-17,19H2,1-2H3;9-12,14-15H,4-5,7,13H2,1-3H3,(H,25,28);1H4. The summed E-state index contributed by atoms with van der Waals surface area (Å²) in [6.07, 6.45) is 22.2. The molecular weight excluding hydrogens is 1660 g/mol. The number of aromatic nitrogens is 8. The third-order valence-electron chi connectivity index (χ3n) is 26.6. The predicted octanol–water partition coefficient (Wildman–Crippen LogP) is 18.8. The molecule has 10 heterocycles. The predicted molar refractivity (Wildman–Crippen MR) is 553 cm³/mol. The average molecular weight is 1800 g/mol. The third-order valence-corrected chi connectivity index (χ3v) is 27.0. The van der Waals surface area contributed by atoms with Gasteiger partial charge in [0.1, 0.15) is 0 Å². The lowest BCUT2D eigenvalue weighted by molar-refractivity contribution is 0.0853. The number of piperidine rings is 4. The van der Waals surface area contributed by atoms with Crippen molar-refractivity contribution in [2.45, 2.75) is 222 Å². The Kier molecular flexibility index (Phi) is 36.3. The van der Waals surface area contributed by atoms with Gasteiger partial charge in [0, 0.05) is 103 Å². The van der Waals surface area contributed by atoms with Crippen LogP contribution in [0.4, 0.5) is 17.1 Å². The second kappa shape index (κ2) is 48.8. The molecule has 1 amide bonds. The van der Waals surface area contributed by atoms with Crippen molar-refractivity contribution < 1.29 is 4.79 Å². The zero-order valence-corrected chi connectivity index (χ0v) is 80.3. The Morgan fingerprint density at radius 3 is 1.64 bits per heavy atom. The van der Waals surface area contributed by atoms with Gasteiger partial charge >= 0.3 is 0 Å². The molecule has 0 unspecified atom stereocenters. The summed E-state index contributed by atoms with van der Waals surface area (Å²) in [6.45, 7) is 39.0. The molecule has 0 saturated carbocycles. The normalized spacial score (nSPS) is 15.5. The molecule has 5 aromatic heterocycles. The Bertz CT molecular complexity index is 6130. The Balaban J connectivity index is 0.000000152. The number of benzene rings is 7. The zero-order chi connectivity index (χ0) is 92.3. The number of rotatable bonds is 24. The summed E-state index contributed by atoms with van der Waals surface area (Å²) >= 11 is 6.01. The first-order valence-electron chi connectivity index (χ1n) is 48.3. The van der Waals surface area contributed by atoms with Gasteiger partial charge in [-0.1, -0.05) is 134 Å². The van der Waals surface area contributed by atoms with Crippen molar-refractivity contribution in [1.82, 2.24) is 73.3 Å². The van der Waals surface area contributed by atoms with Crippen LogP contribution in [0, 0.1) is 73.6 Å². The number of amides is 1. The molecule has 5 saturated heterocycles. The second-order valence-electron chi connectivity index (χ2n) is 36.3. The molecule has 12 aromatic rings. The topological polar surface area (TPSA) is 191 Å². The lowest BCUT2D eigenvalue weighted by Crippen LogP contribution is -2.49. The Labute approximate surface area is 796 Å². The SMILES string of the molecule is C.C#CC(C)(C)c1ccc(NCC#Cc2cc3c(CN4CCC(N5CCC(N)CC5)CC4)cccc3n2CC)cn1.CCCc1ccc2c(c1)nc(C#CCNC(=O)c1ccc(Cl)c(C)c1)n2CC.CCn1c(C#CCNc2ccc(C)cc2)nc2c(CN3CCC(N4CCCC4)CC3)cccc21.CCn1c(C#CCNc2ccccc2)nc2cc(CNC3CCN(C)CC3)ccc21. The van der Waals surface area contributed by atoms with E-state index in [0.29, 0.717) is 42.3 Å². The fourth-order valence-electron chi connectivity index (χ4n) is 18.8. The van der Waals surface area contributed by atoms with Crippen LogP contribution in [0.15, 0.2) is 170 Å². The number of hydrogen-bond acceptors (Lipinski definition) is 15. The summed E-state index contributed by atoms with van der Waals surface area (Å²) in [4.78, 5) is 44.3. The van der Waals surface area contributed by atoms with Gasteiger partial charge in [-0.2, -0.15) is 0 Å². The number of carbonyl (C=O) groups excluding carboxylic acids is 1. The summed E-state index contributed by atoms with van der Waals surface area (Å²) in [5.41, 5.74) is 26.7. The van der Waals surface area contributed by atoms with E-state index in [4.69, 9.17) is 33.7 Å². The van der Waals surface area contributed by atoms with Crippen molar-refractivity contribution >= 4 is 78.6 Å². The van der Waals surface area contributed by atoms with Crippen LogP contribution in [0.3, 0.4) is 0 Å². The number of likely N-dealkylation sites (tertiary alicyclic amines) is 5. The summed E-state index contributed by atoms with van der Waals surface area (Å²) < 4.78 is 8.87. The minimum atomic E-state index is -0.372. The number of nitrogens with zero attached hydrogens (tertiary/aromatic N) is 13. The fourth-order valence-corrected chi connectivity index (χ4v) is 18.9. The van der Waals surface area contributed by atoms with Crippen molar-refractivity contribution in [3.63, 3.8) is 0 Å². The van der Waals surface area contributed by atoms with Crippen LogP contribution in [-0.4, -0.2) is 191 Å². The maximum absolute atomic E-state index is 12.2. The van der Waals surface area contributed by atoms with Crippen molar-refractivity contribution in [2.75, 3.05) is 115 Å². The number of para-hydroxylation sites is 2. The van der Waals surface area contributed by atoms with E-state index in [-0.39, 0.29) is 25.3 Å². The van der Waals surface area contributed by atoms with E-state index < -0.39 is 0 Å². The largest absolute Gasteiger partial charge is 0.374 e. The minimum Gasteiger partial charge on any atom is -0.374 e. The van der Waals surface area contributed by atoms with E-state index >= 15 is 0 Å². The molecule has 0 spiro atoms. The maximum atomic E-state index is 12.2. The molecule has 20 nitrogen and oxygen atoms in total. The van der Waals surface area contributed by atoms with Gasteiger partial charge in [-0.05, 0) is 347 Å². The number of nitrogens with one attached hydrogen (secondary N) is 5. The van der Waals surface area contributed by atoms with Gasteiger partial charge in [0.15, 0.2) is 17.5 Å². The smallest absolute Gasteiger partial charge is 0.252 e. The molecule has 0 bridgehead atoms. The molecule has 21 heteroatoms. The van der Waals surface area contributed by atoms with Crippen LogP contribution in [0.5, 0.6) is 0 Å². The van der Waals surface area contributed by atoms with Crippen molar-refractivity contribution in [3.8, 4) is 59.7 Å². The molecule has 5 fully saturated rings. The van der Waals surface area contributed by atoms with Crippen LogP contribution in [-0.2, 0) is 57.6 Å². The highest BCUT2D eigenvalue weighted by atomic mass is 35.5. The Hall–Kier alpha value is -11.7. The first-order valence-corrected chi connectivity index (χ1v) is 48.7. The quantitative estimate of drug-likeness (QED) is 0.0313. The molecule has 5 aliphatic rings. The van der Waals surface area contributed by atoms with Gasteiger partial charge in [-0.25, -0.2) is 15.0 Å². The molecule has 0 aliphatic carbocycles. The summed E-state index contributed by atoms with van der Waals surface area (Å²) in [7, 11) is 2.20. The van der Waals surface area contributed by atoms with Crippen molar-refractivity contribution in [2.24, 2.45) is 5.73 Å². The van der Waals surface area contributed by atoms with E-state index in [2.05, 4.69) is 284 Å². The molecule has 0 atom stereocenters. The average Bonchev–Trinajstić information content (AvgIpc) is 1.65. The van der Waals surface area contributed by atoms with E-state index in [1.54, 1.807) is 18.2 Å². The zero-order valence-electron chi connectivity index (χ0n) is 79.6. The molecule has 0 radical (unpaired) electrons. The first-order chi connectivity index (χ1) is 64.3. The number of anilines is 3. The maximum Gasteiger partial charge on any atom is 0.252 e. The monoisotopic (exact) mass is 1800 g/mol. The number of aryl methyl sites for hydroxylation is 7. The third kappa shape index (κ3) is 26.7. The summed E-state index contributed by atoms with van der Waals surface area (Å²) in [6, 6.07) is 58.9. The minimum absolute atomic E-state index is 0. The highest BCUT2D eigenvalue weighted by Gasteiger charge is 2.30. The van der Waals surface area contributed by atoms with E-state index in [0.717, 1.165) is 176 Å². The van der Waals surface area contributed by atoms with E-state index in [9.17, 15) is 4.79 Å². The van der Waals surface area contributed by atoms with Crippen LogP contribution in [0.25, 0.3) is 44.0 Å². The lowest BCUT2D eigenvalue weighted by Gasteiger charge is -2.41. The Morgan fingerprint density at radius 2 is 1.05 bits per heavy atom. The number of fused-ring (bicyclic) bond motifs is 4. The highest BCUT2D eigenvalue weighted by molar-refractivity contribution is 6.31. The van der Waals surface area contributed by atoms with Gasteiger partial charge in [0.2, 0.25) is 0 Å². The van der Waals surface area contributed by atoms with Gasteiger partial charge < -0.3 is 65.3 Å². The van der Waals surface area contributed by atoms with Gasteiger partial charge in [-0.15, -0.1) is 6.42 Å². The number of halogens is 1. The van der Waals surface area contributed by atoms with Gasteiger partial charge in [-0.3, -0.25) is 19.6 Å². The van der Waals surface area contributed by atoms with Crippen LogP contribution in [0.2, 0.25) is 5.02 Å². The number of imidazole rings is 3. The Morgan fingerprint density at radius 1 is 0.519 bits per heavy atom. The van der Waals surface area contributed by atoms with E-state index in [1.807, 2.05) is 69.4 Å². The number of hydrogen-bond donors (Lipinski definition) is 6. The van der Waals surface area contributed by atoms with Crippen molar-refractivity contribution in [1.29, 1.82) is 0 Å². The molecule has 133 heavy (non-hydrogen) atoms. The lowest BCUT2D eigenvalue weighted by atomic mass is 9.90. The highest BCUT2D eigenvalue weighted by Crippen LogP contribution is 2.31. The van der Waals surface area contributed by atoms with Gasteiger partial charge in [0.05, 0.1) is 88.0 Å². The molecule has 7 aromatic carbocycles. The molecular formula is C112H140ClN19O. The number of carbonyl (C=O) groups is 1. The number of nitrogens with two attached hydrogens (primary N) is 1. The fraction of sp³-hybridized carbons (Fsp3) is 0.438.